The fourth-order valence-electron chi connectivity index (χ4n) is 1.59. The maximum atomic E-state index is 11.9. The van der Waals surface area contributed by atoms with Gasteiger partial charge in [0, 0.05) is 17.4 Å². The Kier molecular flexibility index (Phi) is 6.42. The Hall–Kier alpha value is -1.49. The van der Waals surface area contributed by atoms with Gasteiger partial charge in [0.05, 0.1) is 6.42 Å². The second-order valence-electron chi connectivity index (χ2n) is 4.31. The summed E-state index contributed by atoms with van der Waals surface area (Å²) in [6, 6.07) is 7.03. The van der Waals surface area contributed by atoms with Crippen LogP contribution < -0.4 is 5.32 Å². The predicted octanol–water partition coefficient (Wildman–Crippen LogP) is 2.53. The van der Waals surface area contributed by atoms with E-state index in [9.17, 15) is 9.59 Å². The van der Waals surface area contributed by atoms with Gasteiger partial charge in [0.1, 0.15) is 0 Å². The first-order valence-corrected chi connectivity index (χ1v) is 7.37. The molecule has 0 spiro atoms. The van der Waals surface area contributed by atoms with Crippen molar-refractivity contribution in [1.29, 1.82) is 0 Å². The quantitative estimate of drug-likeness (QED) is 0.806. The summed E-state index contributed by atoms with van der Waals surface area (Å²) in [5.74, 6) is 0.853. The van der Waals surface area contributed by atoms with E-state index >= 15 is 0 Å². The number of benzene rings is 1. The van der Waals surface area contributed by atoms with Crippen LogP contribution in [0.3, 0.4) is 0 Å². The molecule has 0 aromatic heterocycles. The molecule has 1 amide bonds. The summed E-state index contributed by atoms with van der Waals surface area (Å²) in [5, 5.41) is 11.3. The van der Waals surface area contributed by atoms with Crippen molar-refractivity contribution in [3.05, 3.63) is 35.4 Å². The van der Waals surface area contributed by atoms with E-state index in [0.29, 0.717) is 5.56 Å². The first-order chi connectivity index (χ1) is 9.02. The van der Waals surface area contributed by atoms with Crippen LogP contribution in [0.1, 0.15) is 36.2 Å². The summed E-state index contributed by atoms with van der Waals surface area (Å²) in [7, 11) is 0. The summed E-state index contributed by atoms with van der Waals surface area (Å²) < 4.78 is 0. The molecule has 2 N–H and O–H groups in total. The number of carbonyl (C=O) groups excluding carboxylic acids is 1. The summed E-state index contributed by atoms with van der Waals surface area (Å²) in [4.78, 5) is 22.4. The van der Waals surface area contributed by atoms with Crippen LogP contribution in [-0.2, 0) is 10.5 Å². The average Bonchev–Trinajstić information content (AvgIpc) is 2.35. The molecule has 1 atom stereocenters. The Balaban J connectivity index is 2.55. The van der Waals surface area contributed by atoms with Crippen LogP contribution in [0.15, 0.2) is 24.3 Å². The highest BCUT2D eigenvalue weighted by atomic mass is 32.2. The highest BCUT2D eigenvalue weighted by Crippen LogP contribution is 2.12. The van der Waals surface area contributed by atoms with Gasteiger partial charge in [0.15, 0.2) is 0 Å². The van der Waals surface area contributed by atoms with E-state index in [4.69, 9.17) is 5.11 Å². The number of amides is 1. The lowest BCUT2D eigenvalue weighted by molar-refractivity contribution is -0.137. The summed E-state index contributed by atoms with van der Waals surface area (Å²) >= 11 is 1.83. The number of hydrogen-bond acceptors (Lipinski definition) is 3. The third-order valence-corrected chi connectivity index (χ3v) is 3.49. The zero-order valence-electron chi connectivity index (χ0n) is 11.2. The maximum absolute atomic E-state index is 11.9. The van der Waals surface area contributed by atoms with Crippen LogP contribution in [0.4, 0.5) is 0 Å². The molecule has 1 aromatic carbocycles. The van der Waals surface area contributed by atoms with E-state index in [1.165, 1.54) is 5.56 Å². The minimum Gasteiger partial charge on any atom is -0.481 e. The van der Waals surface area contributed by atoms with Crippen molar-refractivity contribution in [2.45, 2.75) is 32.1 Å². The molecule has 0 heterocycles. The van der Waals surface area contributed by atoms with Gasteiger partial charge in [-0.2, -0.15) is 11.8 Å². The smallest absolute Gasteiger partial charge is 0.305 e. The second-order valence-corrected chi connectivity index (χ2v) is 5.58. The van der Waals surface area contributed by atoms with Gasteiger partial charge in [0.2, 0.25) is 0 Å². The SMILES string of the molecule is CCSCc1ccc(C(=O)NC(C)CC(=O)O)cc1. The molecule has 19 heavy (non-hydrogen) atoms. The van der Waals surface area contributed by atoms with Gasteiger partial charge in [0.25, 0.3) is 5.91 Å². The Labute approximate surface area is 117 Å². The van der Waals surface area contributed by atoms with Crippen molar-refractivity contribution in [1.82, 2.24) is 5.32 Å². The fourth-order valence-corrected chi connectivity index (χ4v) is 2.22. The Morgan fingerprint density at radius 2 is 1.95 bits per heavy atom. The van der Waals surface area contributed by atoms with Crippen LogP contribution in [-0.4, -0.2) is 28.8 Å². The molecule has 1 rings (SSSR count). The van der Waals surface area contributed by atoms with Crippen LogP contribution in [0.5, 0.6) is 0 Å². The average molecular weight is 281 g/mol. The molecule has 1 unspecified atom stereocenters. The summed E-state index contributed by atoms with van der Waals surface area (Å²) in [5.41, 5.74) is 1.74. The molecule has 0 radical (unpaired) electrons. The molecule has 0 saturated heterocycles. The van der Waals surface area contributed by atoms with Crippen LogP contribution in [0.25, 0.3) is 0 Å². The summed E-state index contributed by atoms with van der Waals surface area (Å²) in [6.45, 7) is 3.79. The molecule has 0 aliphatic rings. The first kappa shape index (κ1) is 15.6. The fraction of sp³-hybridized carbons (Fsp3) is 0.429. The molecule has 1 aromatic rings. The third-order valence-electron chi connectivity index (χ3n) is 2.55. The molecule has 0 saturated carbocycles. The zero-order chi connectivity index (χ0) is 14.3. The molecule has 0 bridgehead atoms. The molecule has 5 heteroatoms. The van der Waals surface area contributed by atoms with Crippen molar-refractivity contribution in [2.75, 3.05) is 5.75 Å². The van der Waals surface area contributed by atoms with E-state index in [2.05, 4.69) is 12.2 Å². The minimum absolute atomic E-state index is 0.0725. The number of carbonyl (C=O) groups is 2. The maximum Gasteiger partial charge on any atom is 0.305 e. The number of carboxylic acids is 1. The summed E-state index contributed by atoms with van der Waals surface area (Å²) in [6.07, 6.45) is -0.0725. The van der Waals surface area contributed by atoms with Gasteiger partial charge in [-0.25, -0.2) is 0 Å². The molecule has 0 aliphatic heterocycles. The predicted molar refractivity (Wildman–Crippen MR) is 77.5 cm³/mol. The van der Waals surface area contributed by atoms with Gasteiger partial charge >= 0.3 is 5.97 Å². The van der Waals surface area contributed by atoms with Gasteiger partial charge in [-0.05, 0) is 30.4 Å². The minimum atomic E-state index is -0.917. The normalized spacial score (nSPS) is 11.9. The molecular weight excluding hydrogens is 262 g/mol. The standard InChI is InChI=1S/C14H19NO3S/c1-3-19-9-11-4-6-12(7-5-11)14(18)15-10(2)8-13(16)17/h4-7,10H,3,8-9H2,1-2H3,(H,15,18)(H,16,17). The molecule has 4 nitrogen and oxygen atoms in total. The van der Waals surface area contributed by atoms with Gasteiger partial charge in [-0.15, -0.1) is 0 Å². The van der Waals surface area contributed by atoms with Crippen molar-refractivity contribution in [2.24, 2.45) is 0 Å². The highest BCUT2D eigenvalue weighted by molar-refractivity contribution is 7.98. The zero-order valence-corrected chi connectivity index (χ0v) is 12.0. The van der Waals surface area contributed by atoms with E-state index in [0.717, 1.165) is 11.5 Å². The Morgan fingerprint density at radius 3 is 2.47 bits per heavy atom. The van der Waals surface area contributed by atoms with Crippen LogP contribution >= 0.6 is 11.8 Å². The van der Waals surface area contributed by atoms with E-state index < -0.39 is 5.97 Å². The van der Waals surface area contributed by atoms with Crippen molar-refractivity contribution >= 4 is 23.6 Å². The number of thioether (sulfide) groups is 1. The molecular formula is C14H19NO3S. The van der Waals surface area contributed by atoms with Crippen molar-refractivity contribution < 1.29 is 14.7 Å². The molecule has 104 valence electrons. The largest absolute Gasteiger partial charge is 0.481 e. The van der Waals surface area contributed by atoms with Gasteiger partial charge in [-0.3, -0.25) is 9.59 Å². The monoisotopic (exact) mass is 281 g/mol. The number of nitrogens with one attached hydrogen (secondary N) is 1. The van der Waals surface area contributed by atoms with Gasteiger partial charge in [-0.1, -0.05) is 19.1 Å². The highest BCUT2D eigenvalue weighted by Gasteiger charge is 2.12. The first-order valence-electron chi connectivity index (χ1n) is 6.22. The number of carboxylic acid groups (broad SMARTS) is 1. The Morgan fingerprint density at radius 1 is 1.32 bits per heavy atom. The second kappa shape index (κ2) is 7.84. The third kappa shape index (κ3) is 5.79. The van der Waals surface area contributed by atoms with Gasteiger partial charge < -0.3 is 10.4 Å². The van der Waals surface area contributed by atoms with Crippen molar-refractivity contribution in [3.63, 3.8) is 0 Å². The van der Waals surface area contributed by atoms with E-state index in [1.807, 2.05) is 23.9 Å². The van der Waals surface area contributed by atoms with E-state index in [-0.39, 0.29) is 18.4 Å². The molecule has 0 fully saturated rings. The van der Waals surface area contributed by atoms with Crippen LogP contribution in [0, 0.1) is 0 Å². The lowest BCUT2D eigenvalue weighted by atomic mass is 10.1. The lowest BCUT2D eigenvalue weighted by Gasteiger charge is -2.11. The van der Waals surface area contributed by atoms with E-state index in [1.54, 1.807) is 19.1 Å². The van der Waals surface area contributed by atoms with Crippen molar-refractivity contribution in [3.8, 4) is 0 Å². The van der Waals surface area contributed by atoms with Crippen LogP contribution in [0.2, 0.25) is 0 Å². The lowest BCUT2D eigenvalue weighted by Crippen LogP contribution is -2.34. The number of hydrogen-bond donors (Lipinski definition) is 2. The number of aliphatic carboxylic acids is 1. The molecule has 0 aliphatic carbocycles. The Bertz CT molecular complexity index is 431. The number of rotatable bonds is 7. The topological polar surface area (TPSA) is 66.4 Å².